The van der Waals surface area contributed by atoms with Gasteiger partial charge in [-0.2, -0.15) is 0 Å². The number of carbonyl (C=O) groups excluding carboxylic acids is 2. The first-order valence-electron chi connectivity index (χ1n) is 13.4. The SMILES string of the molecule is O=C1C(=O)N(CCN2CCOCC2)C(c2cccc(Oc3ccccc3)c2)/C1=C(\O)c1ccc2c(c1)OCCO2. The number of fused-ring (bicyclic) bond motifs is 1. The molecule has 6 rings (SSSR count). The molecule has 1 N–H and O–H groups in total. The van der Waals surface area contributed by atoms with Gasteiger partial charge in [0.1, 0.15) is 30.5 Å². The van der Waals surface area contributed by atoms with Crippen LogP contribution >= 0.6 is 0 Å². The predicted molar refractivity (Wildman–Crippen MR) is 147 cm³/mol. The summed E-state index contributed by atoms with van der Waals surface area (Å²) in [7, 11) is 0. The van der Waals surface area contributed by atoms with Gasteiger partial charge in [0.05, 0.1) is 24.8 Å². The van der Waals surface area contributed by atoms with Crippen molar-refractivity contribution in [2.75, 3.05) is 52.6 Å². The standard InChI is InChI=1S/C31H30N2O7/c34-29(22-9-10-25-26(20-22)39-18-17-38-25)27-28(21-5-4-8-24(19-21)40-23-6-2-1-3-7-23)33(31(36)30(27)35)12-11-32-13-15-37-16-14-32/h1-10,19-20,28,34H,11-18H2/b29-27+. The number of carbonyl (C=O) groups is 2. The Labute approximate surface area is 232 Å². The van der Waals surface area contributed by atoms with Crippen LogP contribution in [0.5, 0.6) is 23.0 Å². The van der Waals surface area contributed by atoms with E-state index in [0.717, 1.165) is 13.1 Å². The van der Waals surface area contributed by atoms with E-state index in [9.17, 15) is 14.7 Å². The maximum Gasteiger partial charge on any atom is 0.295 e. The van der Waals surface area contributed by atoms with Gasteiger partial charge in [0.15, 0.2) is 11.5 Å². The quantitative estimate of drug-likeness (QED) is 0.272. The predicted octanol–water partition coefficient (Wildman–Crippen LogP) is 4.00. The number of hydrogen-bond donors (Lipinski definition) is 1. The molecule has 3 heterocycles. The minimum atomic E-state index is -0.798. The molecule has 40 heavy (non-hydrogen) atoms. The molecule has 0 radical (unpaired) electrons. The molecule has 0 spiro atoms. The number of ether oxygens (including phenoxy) is 4. The van der Waals surface area contributed by atoms with Gasteiger partial charge in [-0.05, 0) is 48.0 Å². The zero-order chi connectivity index (χ0) is 27.5. The molecule has 9 heteroatoms. The van der Waals surface area contributed by atoms with Crippen molar-refractivity contribution in [3.8, 4) is 23.0 Å². The highest BCUT2D eigenvalue weighted by molar-refractivity contribution is 6.46. The summed E-state index contributed by atoms with van der Waals surface area (Å²) in [5.74, 6) is 0.630. The number of Topliss-reactive ketones (excluding diaryl/α,β-unsaturated/α-hetero) is 1. The summed E-state index contributed by atoms with van der Waals surface area (Å²) in [6.07, 6.45) is 0. The molecule has 1 amide bonds. The van der Waals surface area contributed by atoms with E-state index < -0.39 is 17.7 Å². The van der Waals surface area contributed by atoms with E-state index in [1.807, 2.05) is 54.6 Å². The Hall–Kier alpha value is -4.34. The monoisotopic (exact) mass is 542 g/mol. The van der Waals surface area contributed by atoms with Crippen LogP contribution in [0, 0.1) is 0 Å². The molecule has 9 nitrogen and oxygen atoms in total. The number of ketones is 1. The summed E-state index contributed by atoms with van der Waals surface area (Å²) in [6.45, 7) is 4.49. The van der Waals surface area contributed by atoms with Gasteiger partial charge in [0.25, 0.3) is 11.7 Å². The van der Waals surface area contributed by atoms with Gasteiger partial charge in [-0.25, -0.2) is 0 Å². The first-order valence-corrected chi connectivity index (χ1v) is 13.4. The van der Waals surface area contributed by atoms with Gasteiger partial charge >= 0.3 is 0 Å². The Morgan fingerprint density at radius 2 is 1.57 bits per heavy atom. The van der Waals surface area contributed by atoms with E-state index in [1.165, 1.54) is 0 Å². The fourth-order valence-corrected chi connectivity index (χ4v) is 5.25. The van der Waals surface area contributed by atoms with E-state index in [1.54, 1.807) is 23.1 Å². The van der Waals surface area contributed by atoms with Crippen molar-refractivity contribution in [2.24, 2.45) is 0 Å². The second-order valence-electron chi connectivity index (χ2n) is 9.79. The number of likely N-dealkylation sites (tertiary alicyclic amines) is 1. The average Bonchev–Trinajstić information content (AvgIpc) is 3.25. The van der Waals surface area contributed by atoms with Gasteiger partial charge < -0.3 is 29.0 Å². The van der Waals surface area contributed by atoms with E-state index in [-0.39, 0.29) is 11.3 Å². The van der Waals surface area contributed by atoms with Gasteiger partial charge in [-0.1, -0.05) is 30.3 Å². The lowest BCUT2D eigenvalue weighted by Crippen LogP contribution is -2.42. The molecule has 3 aromatic carbocycles. The fourth-order valence-electron chi connectivity index (χ4n) is 5.25. The third kappa shape index (κ3) is 5.25. The zero-order valence-electron chi connectivity index (χ0n) is 22.0. The number of amides is 1. The Bertz CT molecular complexity index is 1430. The molecule has 0 aromatic heterocycles. The normalized spacial score (nSPS) is 20.5. The number of aliphatic hydroxyl groups is 1. The molecule has 3 aromatic rings. The summed E-state index contributed by atoms with van der Waals surface area (Å²) in [5, 5.41) is 11.5. The van der Waals surface area contributed by atoms with Crippen molar-refractivity contribution in [1.82, 2.24) is 9.80 Å². The first kappa shape index (κ1) is 25.9. The second-order valence-corrected chi connectivity index (χ2v) is 9.79. The third-order valence-electron chi connectivity index (χ3n) is 7.27. The molecule has 2 fully saturated rings. The largest absolute Gasteiger partial charge is 0.507 e. The number of benzene rings is 3. The maximum atomic E-state index is 13.5. The minimum Gasteiger partial charge on any atom is -0.507 e. The number of para-hydroxylation sites is 1. The van der Waals surface area contributed by atoms with Crippen molar-refractivity contribution in [3.63, 3.8) is 0 Å². The average molecular weight is 543 g/mol. The Morgan fingerprint density at radius 1 is 0.825 bits per heavy atom. The van der Waals surface area contributed by atoms with Gasteiger partial charge in [-0.15, -0.1) is 0 Å². The molecule has 3 aliphatic heterocycles. The van der Waals surface area contributed by atoms with Crippen molar-refractivity contribution >= 4 is 17.4 Å². The Kier molecular flexibility index (Phi) is 7.39. The summed E-state index contributed by atoms with van der Waals surface area (Å²) in [5.41, 5.74) is 1.06. The van der Waals surface area contributed by atoms with Crippen LogP contribution in [0.25, 0.3) is 5.76 Å². The first-order chi connectivity index (χ1) is 19.6. The molecule has 0 bridgehead atoms. The van der Waals surface area contributed by atoms with Crippen LogP contribution in [0.1, 0.15) is 17.2 Å². The molecule has 1 atom stereocenters. The van der Waals surface area contributed by atoms with Crippen LogP contribution in [-0.4, -0.2) is 79.2 Å². The third-order valence-corrected chi connectivity index (χ3v) is 7.27. The molecule has 206 valence electrons. The van der Waals surface area contributed by atoms with Crippen molar-refractivity contribution in [3.05, 3.63) is 89.5 Å². The van der Waals surface area contributed by atoms with Crippen molar-refractivity contribution < 1.29 is 33.6 Å². The van der Waals surface area contributed by atoms with Crippen LogP contribution < -0.4 is 14.2 Å². The lowest BCUT2D eigenvalue weighted by atomic mass is 9.95. The van der Waals surface area contributed by atoms with E-state index in [2.05, 4.69) is 4.90 Å². The summed E-state index contributed by atoms with van der Waals surface area (Å²) < 4.78 is 22.8. The van der Waals surface area contributed by atoms with E-state index >= 15 is 0 Å². The molecular weight excluding hydrogens is 512 g/mol. The molecule has 0 saturated carbocycles. The highest BCUT2D eigenvalue weighted by atomic mass is 16.6. The maximum absolute atomic E-state index is 13.5. The van der Waals surface area contributed by atoms with E-state index in [4.69, 9.17) is 18.9 Å². The lowest BCUT2D eigenvalue weighted by Gasteiger charge is -2.31. The van der Waals surface area contributed by atoms with Crippen molar-refractivity contribution in [1.29, 1.82) is 0 Å². The van der Waals surface area contributed by atoms with Crippen LogP contribution in [0.4, 0.5) is 0 Å². The minimum absolute atomic E-state index is 0.0283. The lowest BCUT2D eigenvalue weighted by molar-refractivity contribution is -0.140. The fraction of sp³-hybridized carbons (Fsp3) is 0.290. The summed E-state index contributed by atoms with van der Waals surface area (Å²) in [4.78, 5) is 30.7. The summed E-state index contributed by atoms with van der Waals surface area (Å²) >= 11 is 0. The topological polar surface area (TPSA) is 97.8 Å². The van der Waals surface area contributed by atoms with Crippen molar-refractivity contribution in [2.45, 2.75) is 6.04 Å². The number of aliphatic hydroxyl groups excluding tert-OH is 1. The number of hydrogen-bond acceptors (Lipinski definition) is 8. The summed E-state index contributed by atoms with van der Waals surface area (Å²) in [6, 6.07) is 20.9. The Balaban J connectivity index is 1.39. The number of rotatable bonds is 7. The molecule has 0 aliphatic carbocycles. The van der Waals surface area contributed by atoms with Gasteiger partial charge in [-0.3, -0.25) is 14.5 Å². The van der Waals surface area contributed by atoms with Crippen LogP contribution in [0.2, 0.25) is 0 Å². The second kappa shape index (κ2) is 11.4. The van der Waals surface area contributed by atoms with E-state index in [0.29, 0.717) is 73.6 Å². The smallest absolute Gasteiger partial charge is 0.295 e. The highest BCUT2D eigenvalue weighted by Gasteiger charge is 2.46. The molecule has 3 aliphatic rings. The molecule has 2 saturated heterocycles. The Morgan fingerprint density at radius 3 is 2.38 bits per heavy atom. The van der Waals surface area contributed by atoms with Crippen LogP contribution in [-0.2, 0) is 14.3 Å². The number of nitrogens with zero attached hydrogens (tertiary/aromatic N) is 2. The van der Waals surface area contributed by atoms with Crippen LogP contribution in [0.3, 0.4) is 0 Å². The van der Waals surface area contributed by atoms with Gasteiger partial charge in [0.2, 0.25) is 0 Å². The number of morpholine rings is 1. The van der Waals surface area contributed by atoms with Crippen LogP contribution in [0.15, 0.2) is 78.4 Å². The zero-order valence-corrected chi connectivity index (χ0v) is 22.0. The molecular formula is C31H30N2O7. The van der Waals surface area contributed by atoms with Gasteiger partial charge in [0, 0.05) is 31.7 Å². The molecule has 1 unspecified atom stereocenters. The highest BCUT2D eigenvalue weighted by Crippen LogP contribution is 2.42.